The minimum Gasteiger partial charge on any atom is -0.372 e. The van der Waals surface area contributed by atoms with Crippen LogP contribution >= 0.6 is 11.8 Å². The number of hydrogen-bond donors (Lipinski definition) is 1. The Morgan fingerprint density at radius 1 is 1.06 bits per heavy atom. The molecule has 7 nitrogen and oxygen atoms in total. The number of carbonyl (C=O) groups excluding carboxylic acids is 1. The molecule has 0 saturated carbocycles. The molecule has 3 rings (SSSR count). The molecule has 0 unspecified atom stereocenters. The Morgan fingerprint density at radius 3 is 2.42 bits per heavy atom. The fourth-order valence-electron chi connectivity index (χ4n) is 3.18. The van der Waals surface area contributed by atoms with Gasteiger partial charge in [0.25, 0.3) is 5.91 Å². The number of amides is 1. The van der Waals surface area contributed by atoms with Crippen molar-refractivity contribution in [1.82, 2.24) is 20.2 Å². The molecule has 1 amide bonds. The van der Waals surface area contributed by atoms with Gasteiger partial charge in [-0.15, -0.1) is 10.2 Å². The Bertz CT molecular complexity index is 997. The Morgan fingerprint density at radius 2 is 1.77 bits per heavy atom. The Balaban J connectivity index is 1.53. The summed E-state index contributed by atoms with van der Waals surface area (Å²) in [7, 11) is 0. The van der Waals surface area contributed by atoms with E-state index in [2.05, 4.69) is 51.6 Å². The van der Waals surface area contributed by atoms with Gasteiger partial charge in [-0.05, 0) is 38.5 Å². The summed E-state index contributed by atoms with van der Waals surface area (Å²) in [6, 6.07) is 18.0. The molecule has 1 heterocycles. The van der Waals surface area contributed by atoms with Crippen LogP contribution in [0.4, 0.5) is 5.69 Å². The first-order valence-corrected chi connectivity index (χ1v) is 11.4. The van der Waals surface area contributed by atoms with Crippen LogP contribution in [0.25, 0.3) is 11.4 Å². The summed E-state index contributed by atoms with van der Waals surface area (Å²) in [4.78, 5) is 14.5. The number of anilines is 1. The molecule has 3 aromatic rings. The van der Waals surface area contributed by atoms with Crippen LogP contribution in [0.3, 0.4) is 0 Å². The molecule has 0 bridgehead atoms. The topological polar surface area (TPSA) is 75.4 Å². The average Bonchev–Trinajstić information content (AvgIpc) is 3.23. The monoisotopic (exact) mass is 436 g/mol. The van der Waals surface area contributed by atoms with E-state index in [1.165, 1.54) is 17.4 Å². The van der Waals surface area contributed by atoms with Crippen LogP contribution in [0.5, 0.6) is 0 Å². The molecule has 8 heteroatoms. The lowest BCUT2D eigenvalue weighted by atomic mass is 10.2. The second kappa shape index (κ2) is 11.3. The van der Waals surface area contributed by atoms with Crippen molar-refractivity contribution in [3.05, 3.63) is 60.2 Å². The van der Waals surface area contributed by atoms with Gasteiger partial charge in [-0.2, -0.15) is 5.10 Å². The number of rotatable bonds is 10. The minimum atomic E-state index is -0.187. The maximum atomic E-state index is 12.2. The minimum absolute atomic E-state index is 0.187. The van der Waals surface area contributed by atoms with E-state index in [-0.39, 0.29) is 11.7 Å². The van der Waals surface area contributed by atoms with Crippen LogP contribution in [0.2, 0.25) is 0 Å². The molecule has 2 aromatic carbocycles. The van der Waals surface area contributed by atoms with Gasteiger partial charge in [0.05, 0.1) is 12.0 Å². The Kier molecular flexibility index (Phi) is 8.23. The lowest BCUT2D eigenvalue weighted by Crippen LogP contribution is -2.21. The molecule has 0 atom stereocenters. The number of hydrazone groups is 1. The van der Waals surface area contributed by atoms with Crippen molar-refractivity contribution in [2.45, 2.75) is 32.5 Å². The highest BCUT2D eigenvalue weighted by atomic mass is 32.2. The van der Waals surface area contributed by atoms with Gasteiger partial charge >= 0.3 is 0 Å². The van der Waals surface area contributed by atoms with Crippen molar-refractivity contribution in [3.8, 4) is 11.4 Å². The van der Waals surface area contributed by atoms with E-state index in [1.54, 1.807) is 6.21 Å². The van der Waals surface area contributed by atoms with Gasteiger partial charge < -0.3 is 9.47 Å². The van der Waals surface area contributed by atoms with Crippen LogP contribution in [-0.2, 0) is 11.3 Å². The second-order valence-electron chi connectivity index (χ2n) is 6.76. The first-order valence-electron chi connectivity index (χ1n) is 10.4. The maximum absolute atomic E-state index is 12.2. The zero-order chi connectivity index (χ0) is 22.1. The molecular formula is C23H28N6OS. The Labute approximate surface area is 187 Å². The van der Waals surface area contributed by atoms with Gasteiger partial charge in [-0.25, -0.2) is 5.43 Å². The van der Waals surface area contributed by atoms with Gasteiger partial charge in [-0.1, -0.05) is 54.2 Å². The van der Waals surface area contributed by atoms with Gasteiger partial charge in [0, 0.05) is 30.9 Å². The summed E-state index contributed by atoms with van der Waals surface area (Å²) < 4.78 is 2.01. The molecule has 1 aromatic heterocycles. The molecular weight excluding hydrogens is 408 g/mol. The SMILES string of the molecule is CCN(CC)c1ccc(C=NNC(=O)CSc2nnc(-c3ccccc3)n2CC)cc1. The van der Waals surface area contributed by atoms with Crippen molar-refractivity contribution >= 4 is 29.6 Å². The van der Waals surface area contributed by atoms with Crippen molar-refractivity contribution in [2.24, 2.45) is 5.10 Å². The number of thioether (sulfide) groups is 1. The first kappa shape index (κ1) is 22.6. The van der Waals surface area contributed by atoms with E-state index in [4.69, 9.17) is 0 Å². The number of nitrogens with zero attached hydrogens (tertiary/aromatic N) is 5. The molecule has 31 heavy (non-hydrogen) atoms. The van der Waals surface area contributed by atoms with Gasteiger partial charge in [-0.3, -0.25) is 4.79 Å². The van der Waals surface area contributed by atoms with Crippen LogP contribution in [0.1, 0.15) is 26.3 Å². The van der Waals surface area contributed by atoms with Crippen molar-refractivity contribution in [1.29, 1.82) is 0 Å². The third-order valence-corrected chi connectivity index (χ3v) is 5.79. The Hall–Kier alpha value is -3.13. The summed E-state index contributed by atoms with van der Waals surface area (Å²) in [5.41, 5.74) is 5.69. The van der Waals surface area contributed by atoms with E-state index in [0.717, 1.165) is 36.6 Å². The fourth-order valence-corrected chi connectivity index (χ4v) is 3.98. The highest BCUT2D eigenvalue weighted by molar-refractivity contribution is 7.99. The van der Waals surface area contributed by atoms with Crippen LogP contribution in [0, 0.1) is 0 Å². The summed E-state index contributed by atoms with van der Waals surface area (Å²) in [6.07, 6.45) is 1.65. The molecule has 0 saturated heterocycles. The maximum Gasteiger partial charge on any atom is 0.250 e. The van der Waals surface area contributed by atoms with E-state index < -0.39 is 0 Å². The predicted molar refractivity (Wildman–Crippen MR) is 128 cm³/mol. The molecule has 0 aliphatic carbocycles. The number of aromatic nitrogens is 3. The van der Waals surface area contributed by atoms with E-state index in [0.29, 0.717) is 5.16 Å². The largest absolute Gasteiger partial charge is 0.372 e. The van der Waals surface area contributed by atoms with Crippen molar-refractivity contribution in [3.63, 3.8) is 0 Å². The zero-order valence-corrected chi connectivity index (χ0v) is 19.0. The molecule has 0 spiro atoms. The third kappa shape index (κ3) is 5.95. The molecule has 0 aliphatic rings. The summed E-state index contributed by atoms with van der Waals surface area (Å²) in [6.45, 7) is 8.97. The molecule has 0 radical (unpaired) electrons. The smallest absolute Gasteiger partial charge is 0.250 e. The number of benzene rings is 2. The lowest BCUT2D eigenvalue weighted by molar-refractivity contribution is -0.118. The quantitative estimate of drug-likeness (QED) is 0.295. The number of carbonyl (C=O) groups is 1. The highest BCUT2D eigenvalue weighted by Crippen LogP contribution is 2.23. The molecule has 0 fully saturated rings. The van der Waals surface area contributed by atoms with Crippen LogP contribution in [0.15, 0.2) is 64.9 Å². The van der Waals surface area contributed by atoms with E-state index in [9.17, 15) is 4.79 Å². The van der Waals surface area contributed by atoms with E-state index >= 15 is 0 Å². The molecule has 162 valence electrons. The van der Waals surface area contributed by atoms with Crippen LogP contribution in [-0.4, -0.2) is 45.7 Å². The van der Waals surface area contributed by atoms with Gasteiger partial charge in [0.2, 0.25) is 0 Å². The van der Waals surface area contributed by atoms with E-state index in [1.807, 2.05) is 54.0 Å². The molecule has 0 aliphatic heterocycles. The highest BCUT2D eigenvalue weighted by Gasteiger charge is 2.14. The normalized spacial score (nSPS) is 11.1. The summed E-state index contributed by atoms with van der Waals surface area (Å²) in [5, 5.41) is 13.3. The zero-order valence-electron chi connectivity index (χ0n) is 18.2. The molecule has 1 N–H and O–H groups in total. The van der Waals surface area contributed by atoms with Crippen LogP contribution < -0.4 is 10.3 Å². The predicted octanol–water partition coefficient (Wildman–Crippen LogP) is 4.05. The second-order valence-corrected chi connectivity index (χ2v) is 7.70. The number of nitrogens with one attached hydrogen (secondary N) is 1. The van der Waals surface area contributed by atoms with Crippen molar-refractivity contribution in [2.75, 3.05) is 23.7 Å². The average molecular weight is 437 g/mol. The van der Waals surface area contributed by atoms with Gasteiger partial charge in [0.1, 0.15) is 0 Å². The van der Waals surface area contributed by atoms with Gasteiger partial charge in [0.15, 0.2) is 11.0 Å². The lowest BCUT2D eigenvalue weighted by Gasteiger charge is -2.20. The fraction of sp³-hybridized carbons (Fsp3) is 0.304. The first-order chi connectivity index (χ1) is 15.2. The third-order valence-electron chi connectivity index (χ3n) is 4.82. The standard InChI is InChI=1S/C23H28N6OS/c1-4-28(5-2)20-14-12-18(13-15-20)16-24-25-21(30)17-31-23-27-26-22(29(23)6-3)19-10-8-7-9-11-19/h7-16H,4-6,17H2,1-3H3,(H,25,30). The summed E-state index contributed by atoms with van der Waals surface area (Å²) >= 11 is 1.35. The summed E-state index contributed by atoms with van der Waals surface area (Å²) in [5.74, 6) is 0.829. The van der Waals surface area contributed by atoms with Crippen molar-refractivity contribution < 1.29 is 4.79 Å². The number of hydrogen-bond acceptors (Lipinski definition) is 6.